The molecule has 1 atom stereocenters. The summed E-state index contributed by atoms with van der Waals surface area (Å²) in [5, 5.41) is 0. The van der Waals surface area contributed by atoms with Crippen LogP contribution in [0.25, 0.3) is 0 Å². The fraction of sp³-hybridized carbons (Fsp3) is 1.00. The van der Waals surface area contributed by atoms with Crippen molar-refractivity contribution in [2.75, 3.05) is 224 Å². The molecule has 18 nitrogen and oxygen atoms in total. The molecule has 0 heterocycles. The Bertz CT molecular complexity index is 750. The molecule has 54 heavy (non-hydrogen) atoms. The Labute approximate surface area is 324 Å². The van der Waals surface area contributed by atoms with Gasteiger partial charge in [0.15, 0.2) is 0 Å². The van der Waals surface area contributed by atoms with Gasteiger partial charge in [0.1, 0.15) is 0 Å². The normalized spacial score (nSPS) is 12.9. The van der Waals surface area contributed by atoms with Crippen molar-refractivity contribution < 1.29 is 80.1 Å². The van der Waals surface area contributed by atoms with Gasteiger partial charge in [0.2, 0.25) is 7.37 Å². The molecule has 0 aromatic heterocycles. The van der Waals surface area contributed by atoms with E-state index in [1.807, 2.05) is 6.92 Å². The van der Waals surface area contributed by atoms with Crippen LogP contribution in [0.2, 0.25) is 0 Å². The first-order valence-corrected chi connectivity index (χ1v) is 21.5. The zero-order valence-corrected chi connectivity index (χ0v) is 34.2. The lowest BCUT2D eigenvalue weighted by molar-refractivity contribution is -0.0299. The van der Waals surface area contributed by atoms with E-state index >= 15 is 0 Å². The lowest BCUT2D eigenvalue weighted by Crippen LogP contribution is -2.16. The highest BCUT2D eigenvalue weighted by atomic mass is 31.2. The van der Waals surface area contributed by atoms with Crippen molar-refractivity contribution in [2.24, 2.45) is 5.73 Å². The van der Waals surface area contributed by atoms with Crippen molar-refractivity contribution in [2.45, 2.75) is 6.92 Å². The van der Waals surface area contributed by atoms with Crippen LogP contribution in [0.5, 0.6) is 0 Å². The molecule has 0 aliphatic heterocycles. The molecule has 326 valence electrons. The summed E-state index contributed by atoms with van der Waals surface area (Å²) in [6, 6.07) is 0. The molecule has 0 saturated carbocycles. The van der Waals surface area contributed by atoms with E-state index in [2.05, 4.69) is 0 Å². The zero-order valence-electron chi connectivity index (χ0n) is 33.3. The third kappa shape index (κ3) is 47.7. The second kappa shape index (κ2) is 46.9. The maximum Gasteiger partial charge on any atom is 0.202 e. The predicted molar refractivity (Wildman–Crippen MR) is 201 cm³/mol. The second-order valence-corrected chi connectivity index (χ2v) is 13.9. The van der Waals surface area contributed by atoms with Crippen molar-refractivity contribution in [1.82, 2.24) is 0 Å². The minimum Gasteiger partial charge on any atom is -0.378 e. The highest BCUT2D eigenvalue weighted by molar-refractivity contribution is 7.58. The SMILES string of the molecule is CCOP(C)(=O)CCOCCOCCOCCOCCOCCOCCOCCOCCOCCOCCOCCOCCOCCOCCOCCN. The minimum absolute atomic E-state index is 0.396. The molecule has 0 aromatic carbocycles. The summed E-state index contributed by atoms with van der Waals surface area (Å²) in [7, 11) is -2.53. The third-order valence-electron chi connectivity index (χ3n) is 6.51. The molecule has 0 rings (SSSR count). The number of rotatable bonds is 49. The summed E-state index contributed by atoms with van der Waals surface area (Å²) in [6.07, 6.45) is 0.412. The van der Waals surface area contributed by atoms with Gasteiger partial charge in [-0.05, 0) is 6.92 Å². The Balaban J connectivity index is 3.08. The first kappa shape index (κ1) is 53.6. The molecule has 0 fully saturated rings. The van der Waals surface area contributed by atoms with E-state index in [1.54, 1.807) is 6.66 Å². The number of hydrogen-bond acceptors (Lipinski definition) is 18. The highest BCUT2D eigenvalue weighted by Crippen LogP contribution is 2.41. The maximum absolute atomic E-state index is 11.9. The predicted octanol–water partition coefficient (Wildman–Crippen LogP) is 1.14. The van der Waals surface area contributed by atoms with E-state index in [4.69, 9.17) is 81.3 Å². The summed E-state index contributed by atoms with van der Waals surface area (Å²) in [4.78, 5) is 0. The Morgan fingerprint density at radius 1 is 0.315 bits per heavy atom. The van der Waals surface area contributed by atoms with Gasteiger partial charge in [0.25, 0.3) is 0 Å². The van der Waals surface area contributed by atoms with E-state index in [-0.39, 0.29) is 0 Å². The molecule has 0 spiro atoms. The molecule has 0 saturated heterocycles. The van der Waals surface area contributed by atoms with Crippen LogP contribution >= 0.6 is 7.37 Å². The molecular weight excluding hydrogens is 737 g/mol. The van der Waals surface area contributed by atoms with Crippen LogP contribution in [-0.4, -0.2) is 224 Å². The van der Waals surface area contributed by atoms with Crippen molar-refractivity contribution in [3.63, 3.8) is 0 Å². The number of hydrogen-bond donors (Lipinski definition) is 1. The van der Waals surface area contributed by atoms with Crippen molar-refractivity contribution in [3.05, 3.63) is 0 Å². The van der Waals surface area contributed by atoms with Crippen LogP contribution in [0.4, 0.5) is 0 Å². The first-order chi connectivity index (χ1) is 26.6. The van der Waals surface area contributed by atoms with Gasteiger partial charge in [0.05, 0.1) is 205 Å². The topological polar surface area (TPSA) is 191 Å². The lowest BCUT2D eigenvalue weighted by Gasteiger charge is -2.12. The minimum atomic E-state index is -2.53. The molecular formula is C35H74NO17P. The molecule has 0 bridgehead atoms. The summed E-state index contributed by atoms with van der Waals surface area (Å²) in [5.41, 5.74) is 5.33. The quantitative estimate of drug-likeness (QED) is 0.0679. The number of ether oxygens (including phenoxy) is 15. The van der Waals surface area contributed by atoms with Crippen molar-refractivity contribution in [3.8, 4) is 0 Å². The monoisotopic (exact) mass is 811 g/mol. The number of nitrogens with two attached hydrogens (primary N) is 1. The molecule has 0 amide bonds. The summed E-state index contributed by atoms with van der Waals surface area (Å²) in [6.45, 7) is 19.3. The molecule has 0 aliphatic carbocycles. The van der Waals surface area contributed by atoms with Gasteiger partial charge < -0.3 is 81.3 Å². The van der Waals surface area contributed by atoms with Gasteiger partial charge in [-0.1, -0.05) is 0 Å². The average Bonchev–Trinajstić information content (AvgIpc) is 3.16. The van der Waals surface area contributed by atoms with Crippen LogP contribution in [0, 0.1) is 0 Å². The highest BCUT2D eigenvalue weighted by Gasteiger charge is 2.14. The van der Waals surface area contributed by atoms with E-state index in [9.17, 15) is 4.57 Å². The van der Waals surface area contributed by atoms with Crippen LogP contribution in [0.1, 0.15) is 6.92 Å². The Morgan fingerprint density at radius 3 is 0.648 bits per heavy atom. The van der Waals surface area contributed by atoms with Crippen LogP contribution in [-0.2, 0) is 80.1 Å². The van der Waals surface area contributed by atoms with E-state index in [0.29, 0.717) is 218 Å². The third-order valence-corrected chi connectivity index (χ3v) is 8.31. The van der Waals surface area contributed by atoms with Gasteiger partial charge in [-0.15, -0.1) is 0 Å². The maximum atomic E-state index is 11.9. The van der Waals surface area contributed by atoms with Gasteiger partial charge in [-0.3, -0.25) is 4.57 Å². The van der Waals surface area contributed by atoms with E-state index in [0.717, 1.165) is 0 Å². The summed E-state index contributed by atoms with van der Waals surface area (Å²) in [5.74, 6) is 0. The first-order valence-electron chi connectivity index (χ1n) is 19.2. The standard InChI is InChI=1S/C35H74NO17P/c1-3-53-54(2,37)35-34-52-33-32-51-31-30-50-29-28-49-27-26-48-25-24-47-23-22-46-21-20-45-19-18-44-17-16-43-15-14-42-13-12-41-11-10-40-9-8-39-7-6-38-5-4-36/h3-36H2,1-2H3. The average molecular weight is 812 g/mol. The fourth-order valence-electron chi connectivity index (χ4n) is 3.83. The largest absolute Gasteiger partial charge is 0.378 e. The van der Waals surface area contributed by atoms with Crippen molar-refractivity contribution >= 4 is 7.37 Å². The van der Waals surface area contributed by atoms with Crippen LogP contribution < -0.4 is 5.73 Å². The molecule has 1 unspecified atom stereocenters. The lowest BCUT2D eigenvalue weighted by atomic mass is 10.6. The molecule has 0 aromatic rings. The van der Waals surface area contributed by atoms with Gasteiger partial charge in [-0.2, -0.15) is 0 Å². The molecule has 19 heteroatoms. The second-order valence-electron chi connectivity index (χ2n) is 11.1. The van der Waals surface area contributed by atoms with Crippen LogP contribution in [0.3, 0.4) is 0 Å². The smallest absolute Gasteiger partial charge is 0.202 e. The Hall–Kier alpha value is -0.450. The summed E-state index contributed by atoms with van der Waals surface area (Å²) < 4.78 is 98.8. The van der Waals surface area contributed by atoms with Crippen LogP contribution in [0.15, 0.2) is 0 Å². The Morgan fingerprint density at radius 2 is 0.481 bits per heavy atom. The van der Waals surface area contributed by atoms with Gasteiger partial charge in [0, 0.05) is 19.4 Å². The van der Waals surface area contributed by atoms with E-state index in [1.165, 1.54) is 0 Å². The Kier molecular flexibility index (Phi) is 46.5. The van der Waals surface area contributed by atoms with Gasteiger partial charge in [-0.25, -0.2) is 0 Å². The van der Waals surface area contributed by atoms with Crippen molar-refractivity contribution in [1.29, 1.82) is 0 Å². The molecule has 0 aliphatic rings. The molecule has 0 radical (unpaired) electrons. The zero-order chi connectivity index (χ0) is 39.1. The summed E-state index contributed by atoms with van der Waals surface area (Å²) >= 11 is 0. The molecule has 2 N–H and O–H groups in total. The van der Waals surface area contributed by atoms with Gasteiger partial charge >= 0.3 is 0 Å². The fourth-order valence-corrected chi connectivity index (χ4v) is 4.97. The van der Waals surface area contributed by atoms with E-state index < -0.39 is 7.37 Å².